The summed E-state index contributed by atoms with van der Waals surface area (Å²) in [6, 6.07) is 7.72. The van der Waals surface area contributed by atoms with Gasteiger partial charge < -0.3 is 9.47 Å². The van der Waals surface area contributed by atoms with E-state index in [0.717, 1.165) is 11.3 Å². The quantitative estimate of drug-likeness (QED) is 0.773. The number of aromatic nitrogens is 2. The third kappa shape index (κ3) is 3.34. The number of carbonyl (C=O) groups excluding carboxylic acids is 1. The van der Waals surface area contributed by atoms with Gasteiger partial charge in [0.1, 0.15) is 5.75 Å². The lowest BCUT2D eigenvalue weighted by atomic mass is 10.2. The fourth-order valence-electron chi connectivity index (χ4n) is 1.73. The Kier molecular flexibility index (Phi) is 4.18. The second kappa shape index (κ2) is 6.04. The first-order valence-corrected chi connectivity index (χ1v) is 6.05. The third-order valence-corrected chi connectivity index (χ3v) is 2.62. The highest BCUT2D eigenvalue weighted by atomic mass is 16.5. The highest BCUT2D eigenvalue weighted by molar-refractivity contribution is 5.88. The van der Waals surface area contributed by atoms with Crippen LogP contribution in [0, 0.1) is 0 Å². The van der Waals surface area contributed by atoms with Gasteiger partial charge in [-0.3, -0.25) is 4.68 Å². The van der Waals surface area contributed by atoms with Crippen LogP contribution in [0.4, 0.5) is 0 Å². The van der Waals surface area contributed by atoms with Crippen molar-refractivity contribution in [3.63, 3.8) is 0 Å². The van der Waals surface area contributed by atoms with E-state index in [1.807, 2.05) is 24.3 Å². The molecule has 5 heteroatoms. The van der Waals surface area contributed by atoms with E-state index in [2.05, 4.69) is 5.10 Å². The Morgan fingerprint density at radius 3 is 3.00 bits per heavy atom. The van der Waals surface area contributed by atoms with Gasteiger partial charge in [-0.15, -0.1) is 0 Å². The standard InChI is InChI=1S/C14H16N2O3/c1-3-19-14(17)12-8-15-16(10-12)9-11-5-4-6-13(7-11)18-2/h4-8,10H,3,9H2,1-2H3. The minimum Gasteiger partial charge on any atom is -0.497 e. The lowest BCUT2D eigenvalue weighted by Crippen LogP contribution is -2.04. The molecule has 0 aliphatic rings. The summed E-state index contributed by atoms with van der Waals surface area (Å²) in [5.41, 5.74) is 1.52. The summed E-state index contributed by atoms with van der Waals surface area (Å²) in [4.78, 5) is 11.5. The smallest absolute Gasteiger partial charge is 0.341 e. The van der Waals surface area contributed by atoms with Crippen LogP contribution in [0.25, 0.3) is 0 Å². The molecule has 0 aliphatic heterocycles. The molecule has 1 aromatic heterocycles. The van der Waals surface area contributed by atoms with Gasteiger partial charge in [0.05, 0.1) is 32.0 Å². The van der Waals surface area contributed by atoms with Gasteiger partial charge in [0.2, 0.25) is 0 Å². The summed E-state index contributed by atoms with van der Waals surface area (Å²) in [5.74, 6) is 0.453. The van der Waals surface area contributed by atoms with Gasteiger partial charge >= 0.3 is 5.97 Å². The van der Waals surface area contributed by atoms with E-state index in [1.54, 1.807) is 24.9 Å². The Balaban J connectivity index is 2.09. The first-order chi connectivity index (χ1) is 9.22. The molecule has 2 rings (SSSR count). The number of rotatable bonds is 5. The van der Waals surface area contributed by atoms with E-state index in [-0.39, 0.29) is 5.97 Å². The minimum atomic E-state index is -0.348. The summed E-state index contributed by atoms with van der Waals surface area (Å²) in [6.45, 7) is 2.72. The fraction of sp³-hybridized carbons (Fsp3) is 0.286. The molecule has 0 atom stereocenters. The molecule has 1 aromatic carbocycles. The molecule has 100 valence electrons. The molecular formula is C14H16N2O3. The predicted octanol–water partition coefficient (Wildman–Crippen LogP) is 2.12. The van der Waals surface area contributed by atoms with Crippen LogP contribution in [0.15, 0.2) is 36.7 Å². The predicted molar refractivity (Wildman–Crippen MR) is 70.3 cm³/mol. The summed E-state index contributed by atoms with van der Waals surface area (Å²) in [7, 11) is 1.63. The Morgan fingerprint density at radius 1 is 1.42 bits per heavy atom. The second-order valence-corrected chi connectivity index (χ2v) is 4.00. The zero-order valence-corrected chi connectivity index (χ0v) is 11.0. The highest BCUT2D eigenvalue weighted by Gasteiger charge is 2.09. The van der Waals surface area contributed by atoms with E-state index < -0.39 is 0 Å². The van der Waals surface area contributed by atoms with Crippen LogP contribution in [0.5, 0.6) is 5.75 Å². The van der Waals surface area contributed by atoms with E-state index in [0.29, 0.717) is 18.7 Å². The van der Waals surface area contributed by atoms with Crippen molar-refractivity contribution in [3.8, 4) is 5.75 Å². The zero-order chi connectivity index (χ0) is 13.7. The van der Waals surface area contributed by atoms with Gasteiger partial charge in [-0.25, -0.2) is 4.79 Å². The topological polar surface area (TPSA) is 53.3 Å². The average Bonchev–Trinajstić information content (AvgIpc) is 2.88. The maximum absolute atomic E-state index is 11.5. The number of carbonyl (C=O) groups is 1. The molecule has 0 spiro atoms. The molecule has 0 N–H and O–H groups in total. The monoisotopic (exact) mass is 260 g/mol. The number of methoxy groups -OCH3 is 1. The molecule has 0 aliphatic carbocycles. The molecule has 19 heavy (non-hydrogen) atoms. The van der Waals surface area contributed by atoms with Crippen molar-refractivity contribution in [2.45, 2.75) is 13.5 Å². The van der Waals surface area contributed by atoms with Gasteiger partial charge in [0.15, 0.2) is 0 Å². The summed E-state index contributed by atoms with van der Waals surface area (Å²) < 4.78 is 11.8. The molecule has 0 unspecified atom stereocenters. The van der Waals surface area contributed by atoms with Gasteiger partial charge in [-0.2, -0.15) is 5.10 Å². The van der Waals surface area contributed by atoms with Crippen molar-refractivity contribution >= 4 is 5.97 Å². The molecule has 0 bridgehead atoms. The SMILES string of the molecule is CCOC(=O)c1cnn(Cc2cccc(OC)c2)c1. The lowest BCUT2D eigenvalue weighted by molar-refractivity contribution is 0.0526. The van der Waals surface area contributed by atoms with Crippen LogP contribution >= 0.6 is 0 Å². The van der Waals surface area contributed by atoms with Gasteiger partial charge in [0, 0.05) is 6.20 Å². The number of nitrogens with zero attached hydrogens (tertiary/aromatic N) is 2. The molecule has 0 fully saturated rings. The lowest BCUT2D eigenvalue weighted by Gasteiger charge is -2.04. The maximum atomic E-state index is 11.5. The normalized spacial score (nSPS) is 10.2. The Bertz CT molecular complexity index is 563. The van der Waals surface area contributed by atoms with Crippen molar-refractivity contribution in [1.82, 2.24) is 9.78 Å². The number of ether oxygens (including phenoxy) is 2. The average molecular weight is 260 g/mol. The van der Waals surface area contributed by atoms with Crippen molar-refractivity contribution in [2.75, 3.05) is 13.7 Å². The minimum absolute atomic E-state index is 0.348. The number of benzene rings is 1. The maximum Gasteiger partial charge on any atom is 0.341 e. The summed E-state index contributed by atoms with van der Waals surface area (Å²) >= 11 is 0. The summed E-state index contributed by atoms with van der Waals surface area (Å²) in [6.07, 6.45) is 3.19. The largest absolute Gasteiger partial charge is 0.497 e. The molecule has 2 aromatic rings. The van der Waals surface area contributed by atoms with Crippen molar-refractivity contribution < 1.29 is 14.3 Å². The van der Waals surface area contributed by atoms with Crippen LogP contribution in [0.3, 0.4) is 0 Å². The first-order valence-electron chi connectivity index (χ1n) is 6.05. The van der Waals surface area contributed by atoms with E-state index in [9.17, 15) is 4.79 Å². The van der Waals surface area contributed by atoms with Crippen molar-refractivity contribution in [1.29, 1.82) is 0 Å². The summed E-state index contributed by atoms with van der Waals surface area (Å²) in [5, 5.41) is 4.15. The van der Waals surface area contributed by atoms with Crippen LogP contribution in [0.1, 0.15) is 22.8 Å². The van der Waals surface area contributed by atoms with E-state index >= 15 is 0 Å². The number of esters is 1. The Labute approximate surface area is 111 Å². The van der Waals surface area contributed by atoms with Gasteiger partial charge in [-0.1, -0.05) is 12.1 Å². The third-order valence-electron chi connectivity index (χ3n) is 2.62. The molecule has 5 nitrogen and oxygen atoms in total. The van der Waals surface area contributed by atoms with Crippen LogP contribution in [-0.4, -0.2) is 29.5 Å². The van der Waals surface area contributed by atoms with Crippen molar-refractivity contribution in [2.24, 2.45) is 0 Å². The van der Waals surface area contributed by atoms with Gasteiger partial charge in [0.25, 0.3) is 0 Å². The Morgan fingerprint density at radius 2 is 2.26 bits per heavy atom. The van der Waals surface area contributed by atoms with E-state index in [4.69, 9.17) is 9.47 Å². The first kappa shape index (κ1) is 13.1. The molecule has 0 radical (unpaired) electrons. The van der Waals surface area contributed by atoms with E-state index in [1.165, 1.54) is 6.20 Å². The zero-order valence-electron chi connectivity index (χ0n) is 11.0. The highest BCUT2D eigenvalue weighted by Crippen LogP contribution is 2.13. The molecule has 1 heterocycles. The van der Waals surface area contributed by atoms with Crippen LogP contribution in [0.2, 0.25) is 0 Å². The van der Waals surface area contributed by atoms with Crippen molar-refractivity contribution in [3.05, 3.63) is 47.8 Å². The van der Waals surface area contributed by atoms with Crippen LogP contribution < -0.4 is 4.74 Å². The molecule has 0 amide bonds. The molecule has 0 saturated heterocycles. The Hall–Kier alpha value is -2.30. The fourth-order valence-corrected chi connectivity index (χ4v) is 1.73. The molecular weight excluding hydrogens is 244 g/mol. The van der Waals surface area contributed by atoms with Crippen LogP contribution in [-0.2, 0) is 11.3 Å². The number of hydrogen-bond donors (Lipinski definition) is 0. The molecule has 0 saturated carbocycles. The number of hydrogen-bond acceptors (Lipinski definition) is 4. The van der Waals surface area contributed by atoms with Gasteiger partial charge in [-0.05, 0) is 24.6 Å². The second-order valence-electron chi connectivity index (χ2n) is 4.00.